The molecular weight excluding hydrogens is 310 g/mol. The molecule has 2 aliphatic rings. The molecule has 0 bridgehead atoms. The van der Waals surface area contributed by atoms with E-state index in [1.54, 1.807) is 16.0 Å². The van der Waals surface area contributed by atoms with Gasteiger partial charge in [0, 0.05) is 39.4 Å². The first-order chi connectivity index (χ1) is 11.6. The van der Waals surface area contributed by atoms with E-state index in [2.05, 4.69) is 20.1 Å². The summed E-state index contributed by atoms with van der Waals surface area (Å²) in [6.45, 7) is 5.81. The molecule has 128 valence electrons. The molecule has 2 amide bonds. The van der Waals surface area contributed by atoms with Crippen molar-refractivity contribution in [1.29, 1.82) is 0 Å². The molecular formula is C15H21N7O2. The van der Waals surface area contributed by atoms with Gasteiger partial charge >= 0.3 is 6.03 Å². The third-order valence-electron chi connectivity index (χ3n) is 4.67. The first-order valence-corrected chi connectivity index (χ1v) is 8.18. The zero-order valence-corrected chi connectivity index (χ0v) is 13.9. The van der Waals surface area contributed by atoms with Crippen LogP contribution in [0.15, 0.2) is 16.9 Å². The number of likely N-dealkylation sites (N-methyl/N-ethyl adjacent to an activating group) is 1. The van der Waals surface area contributed by atoms with Gasteiger partial charge in [-0.25, -0.2) is 4.79 Å². The van der Waals surface area contributed by atoms with Crippen molar-refractivity contribution in [3.63, 3.8) is 0 Å². The van der Waals surface area contributed by atoms with Gasteiger partial charge in [-0.15, -0.1) is 0 Å². The van der Waals surface area contributed by atoms with Crippen LogP contribution in [-0.4, -0.2) is 69.0 Å². The summed E-state index contributed by atoms with van der Waals surface area (Å²) in [7, 11) is 1.82. The number of likely N-dealkylation sites (tertiary alicyclic amines) is 1. The number of hydrogen-bond acceptors (Lipinski definition) is 6. The van der Waals surface area contributed by atoms with Crippen LogP contribution in [0.1, 0.15) is 24.2 Å². The van der Waals surface area contributed by atoms with Crippen molar-refractivity contribution >= 4 is 11.7 Å². The Morgan fingerprint density at radius 1 is 1.33 bits per heavy atom. The van der Waals surface area contributed by atoms with Crippen LogP contribution in [0.4, 0.5) is 10.5 Å². The maximum Gasteiger partial charge on any atom is 0.324 e. The van der Waals surface area contributed by atoms with Crippen LogP contribution < -0.4 is 4.90 Å². The molecule has 9 nitrogen and oxygen atoms in total. The van der Waals surface area contributed by atoms with Gasteiger partial charge in [-0.05, 0) is 13.3 Å². The number of nitrogens with zero attached hydrogens (tertiary/aromatic N) is 7. The lowest BCUT2D eigenvalue weighted by Crippen LogP contribution is -2.28. The lowest BCUT2D eigenvalue weighted by molar-refractivity contribution is 0.229. The minimum atomic E-state index is 0.0364. The van der Waals surface area contributed by atoms with Crippen molar-refractivity contribution in [2.24, 2.45) is 0 Å². The van der Waals surface area contributed by atoms with Gasteiger partial charge in [0.2, 0.25) is 5.89 Å². The summed E-state index contributed by atoms with van der Waals surface area (Å²) < 4.78 is 7.16. The average molecular weight is 331 g/mol. The molecule has 2 fully saturated rings. The highest BCUT2D eigenvalue weighted by Gasteiger charge is 2.30. The maximum absolute atomic E-state index is 12.1. The molecule has 0 radical (unpaired) electrons. The molecule has 2 aromatic heterocycles. The molecule has 2 aromatic rings. The summed E-state index contributed by atoms with van der Waals surface area (Å²) >= 11 is 0. The summed E-state index contributed by atoms with van der Waals surface area (Å²) in [5.74, 6) is 1.32. The SMILES string of the molecule is Cc1noc(CN2CCC(n3cc(N4CCN(C)C4=O)cn3)C2)n1. The molecule has 0 aliphatic carbocycles. The van der Waals surface area contributed by atoms with Crippen molar-refractivity contribution in [2.45, 2.75) is 25.9 Å². The molecule has 0 aromatic carbocycles. The van der Waals surface area contributed by atoms with E-state index in [4.69, 9.17) is 4.52 Å². The van der Waals surface area contributed by atoms with Gasteiger partial charge in [0.1, 0.15) is 0 Å². The van der Waals surface area contributed by atoms with Crippen molar-refractivity contribution in [3.05, 3.63) is 24.1 Å². The molecule has 1 unspecified atom stereocenters. The third-order valence-corrected chi connectivity index (χ3v) is 4.67. The Kier molecular flexibility index (Phi) is 3.72. The van der Waals surface area contributed by atoms with Gasteiger partial charge < -0.3 is 9.42 Å². The summed E-state index contributed by atoms with van der Waals surface area (Å²) in [5.41, 5.74) is 0.871. The smallest absolute Gasteiger partial charge is 0.324 e. The average Bonchev–Trinajstić information content (AvgIpc) is 3.31. The van der Waals surface area contributed by atoms with Crippen LogP contribution in [-0.2, 0) is 6.54 Å². The minimum absolute atomic E-state index is 0.0364. The van der Waals surface area contributed by atoms with E-state index >= 15 is 0 Å². The quantitative estimate of drug-likeness (QED) is 0.827. The van der Waals surface area contributed by atoms with Gasteiger partial charge in [-0.2, -0.15) is 10.1 Å². The first-order valence-electron chi connectivity index (χ1n) is 8.18. The molecule has 0 spiro atoms. The van der Waals surface area contributed by atoms with Gasteiger partial charge in [-0.3, -0.25) is 14.5 Å². The van der Waals surface area contributed by atoms with E-state index in [0.717, 1.165) is 31.7 Å². The van der Waals surface area contributed by atoms with Crippen LogP contribution in [0, 0.1) is 6.92 Å². The number of amides is 2. The predicted octanol–water partition coefficient (Wildman–Crippen LogP) is 0.893. The molecule has 4 heterocycles. The van der Waals surface area contributed by atoms with Crippen molar-refractivity contribution < 1.29 is 9.32 Å². The number of hydrogen-bond donors (Lipinski definition) is 0. The fourth-order valence-electron chi connectivity index (χ4n) is 3.32. The monoisotopic (exact) mass is 331 g/mol. The minimum Gasteiger partial charge on any atom is -0.338 e. The van der Waals surface area contributed by atoms with E-state index in [0.29, 0.717) is 30.8 Å². The predicted molar refractivity (Wildman–Crippen MR) is 85.6 cm³/mol. The molecule has 0 saturated carbocycles. The zero-order valence-electron chi connectivity index (χ0n) is 13.9. The highest BCUT2D eigenvalue weighted by atomic mass is 16.5. The Bertz CT molecular complexity index is 740. The summed E-state index contributed by atoms with van der Waals surface area (Å²) in [5, 5.41) is 8.30. The van der Waals surface area contributed by atoms with Crippen LogP contribution in [0.2, 0.25) is 0 Å². The second-order valence-electron chi connectivity index (χ2n) is 6.45. The van der Waals surface area contributed by atoms with Gasteiger partial charge in [-0.1, -0.05) is 5.16 Å². The third kappa shape index (κ3) is 2.75. The van der Waals surface area contributed by atoms with E-state index in [-0.39, 0.29) is 6.03 Å². The Labute approximate surface area is 139 Å². The Hall–Kier alpha value is -2.42. The van der Waals surface area contributed by atoms with E-state index in [1.807, 2.05) is 24.9 Å². The number of carbonyl (C=O) groups excluding carboxylic acids is 1. The summed E-state index contributed by atoms with van der Waals surface area (Å²) in [6.07, 6.45) is 4.77. The van der Waals surface area contributed by atoms with Crippen molar-refractivity contribution in [3.8, 4) is 0 Å². The van der Waals surface area contributed by atoms with Gasteiger partial charge in [0.05, 0.1) is 24.5 Å². The standard InChI is InChI=1S/C15H21N7O2/c1-11-17-14(24-18-11)10-20-4-3-12(8-20)22-9-13(7-16-22)21-6-5-19(2)15(21)23/h7,9,12H,3-6,8,10H2,1-2H3. The molecule has 24 heavy (non-hydrogen) atoms. The van der Waals surface area contributed by atoms with Gasteiger partial charge in [0.15, 0.2) is 5.82 Å². The second-order valence-corrected chi connectivity index (χ2v) is 6.45. The van der Waals surface area contributed by atoms with Crippen LogP contribution in [0.25, 0.3) is 0 Å². The normalized spacial score (nSPS) is 22.1. The van der Waals surface area contributed by atoms with Crippen LogP contribution in [0.3, 0.4) is 0 Å². The van der Waals surface area contributed by atoms with E-state index in [1.165, 1.54) is 0 Å². The zero-order chi connectivity index (χ0) is 16.7. The number of anilines is 1. The second kappa shape index (κ2) is 5.90. The first kappa shape index (κ1) is 15.1. The largest absolute Gasteiger partial charge is 0.338 e. The number of aromatic nitrogens is 4. The Morgan fingerprint density at radius 3 is 2.92 bits per heavy atom. The number of aryl methyl sites for hydroxylation is 1. The molecule has 0 N–H and O–H groups in total. The fourth-order valence-corrected chi connectivity index (χ4v) is 3.32. The van der Waals surface area contributed by atoms with E-state index in [9.17, 15) is 4.79 Å². The van der Waals surface area contributed by atoms with Crippen molar-refractivity contribution in [2.75, 3.05) is 38.1 Å². The van der Waals surface area contributed by atoms with E-state index < -0.39 is 0 Å². The fraction of sp³-hybridized carbons (Fsp3) is 0.600. The Morgan fingerprint density at radius 2 is 2.21 bits per heavy atom. The number of urea groups is 1. The maximum atomic E-state index is 12.1. The molecule has 2 saturated heterocycles. The number of carbonyl (C=O) groups is 1. The molecule has 9 heteroatoms. The highest BCUT2D eigenvalue weighted by Crippen LogP contribution is 2.25. The molecule has 1 atom stereocenters. The van der Waals surface area contributed by atoms with Crippen LogP contribution >= 0.6 is 0 Å². The Balaban J connectivity index is 1.40. The van der Waals surface area contributed by atoms with Crippen LogP contribution in [0.5, 0.6) is 0 Å². The summed E-state index contributed by atoms with van der Waals surface area (Å²) in [4.78, 5) is 22.1. The summed E-state index contributed by atoms with van der Waals surface area (Å²) in [6, 6.07) is 0.340. The lowest BCUT2D eigenvalue weighted by Gasteiger charge is -2.15. The van der Waals surface area contributed by atoms with Gasteiger partial charge in [0.25, 0.3) is 0 Å². The highest BCUT2D eigenvalue weighted by molar-refractivity contribution is 5.93. The molecule has 4 rings (SSSR count). The lowest BCUT2D eigenvalue weighted by atomic mass is 10.3. The number of rotatable bonds is 4. The topological polar surface area (TPSA) is 83.5 Å². The molecule has 2 aliphatic heterocycles. The van der Waals surface area contributed by atoms with Crippen molar-refractivity contribution in [1.82, 2.24) is 29.7 Å².